The third-order valence-electron chi connectivity index (χ3n) is 3.80. The number of thioether (sulfide) groups is 2. The Balaban J connectivity index is 2.40. The van der Waals surface area contributed by atoms with Crippen molar-refractivity contribution in [1.29, 1.82) is 0 Å². The summed E-state index contributed by atoms with van der Waals surface area (Å²) in [6, 6.07) is 0. The molecule has 1 amide bonds. The number of hydrogen-bond acceptors (Lipinski definition) is 8. The molecule has 0 unspecified atom stereocenters. The van der Waals surface area contributed by atoms with Crippen LogP contribution in [0.5, 0.6) is 0 Å². The first kappa shape index (κ1) is 22.9. The van der Waals surface area contributed by atoms with Crippen LogP contribution in [0.4, 0.5) is 0 Å². The van der Waals surface area contributed by atoms with Crippen molar-refractivity contribution in [3.8, 4) is 0 Å². The average Bonchev–Trinajstić information content (AvgIpc) is 2.54. The van der Waals surface area contributed by atoms with Gasteiger partial charge >= 0.3 is 5.97 Å². The van der Waals surface area contributed by atoms with Gasteiger partial charge in [0, 0.05) is 18.6 Å². The normalized spacial score (nSPS) is 25.4. The molecule has 11 heteroatoms. The maximum atomic E-state index is 13.1. The van der Waals surface area contributed by atoms with Gasteiger partial charge < -0.3 is 15.2 Å². The Morgan fingerprint density at radius 2 is 2.15 bits per heavy atom. The lowest BCUT2D eigenvalue weighted by Crippen LogP contribution is -2.79. The predicted octanol–water partition coefficient (Wildman–Crippen LogP) is 2.06. The van der Waals surface area contributed by atoms with Crippen LogP contribution < -0.4 is 10.8 Å². The predicted molar refractivity (Wildman–Crippen MR) is 117 cm³/mol. The van der Waals surface area contributed by atoms with Crippen LogP contribution in [-0.4, -0.2) is 69.7 Å². The number of methoxy groups -OCH3 is 1. The molecule has 1 saturated heterocycles. The van der Waals surface area contributed by atoms with Crippen LogP contribution >= 0.6 is 43.8 Å². The SMILES string of the molecule is CO[C@@]1(NP(C)C)C(=O)N2C(C(=O)OC(C)(C)C)=C(CSC(N)=S)CS[C@H]21. The van der Waals surface area contributed by atoms with Crippen molar-refractivity contribution >= 4 is 60.0 Å². The molecule has 7 nitrogen and oxygen atoms in total. The lowest BCUT2D eigenvalue weighted by molar-refractivity contribution is -0.188. The van der Waals surface area contributed by atoms with Gasteiger partial charge in [-0.15, -0.1) is 11.8 Å². The Morgan fingerprint density at radius 1 is 1.52 bits per heavy atom. The first-order valence-electron chi connectivity index (χ1n) is 8.26. The van der Waals surface area contributed by atoms with Gasteiger partial charge in [-0.1, -0.05) is 24.0 Å². The van der Waals surface area contributed by atoms with Crippen LogP contribution in [0.2, 0.25) is 0 Å². The van der Waals surface area contributed by atoms with Gasteiger partial charge in [-0.3, -0.25) is 14.8 Å². The van der Waals surface area contributed by atoms with E-state index in [1.165, 1.54) is 23.8 Å². The fourth-order valence-electron chi connectivity index (χ4n) is 2.84. The summed E-state index contributed by atoms with van der Waals surface area (Å²) in [4.78, 5) is 27.5. The lowest BCUT2D eigenvalue weighted by Gasteiger charge is -2.57. The summed E-state index contributed by atoms with van der Waals surface area (Å²) in [6.07, 6.45) is 0. The van der Waals surface area contributed by atoms with E-state index in [1.807, 2.05) is 13.3 Å². The first-order chi connectivity index (χ1) is 12.4. The van der Waals surface area contributed by atoms with Gasteiger partial charge in [-0.2, -0.15) is 0 Å². The fourth-order valence-corrected chi connectivity index (χ4v) is 6.20. The smallest absolute Gasteiger partial charge is 0.355 e. The highest BCUT2D eigenvalue weighted by Gasteiger charge is 2.66. The van der Waals surface area contributed by atoms with E-state index in [1.54, 1.807) is 32.5 Å². The maximum Gasteiger partial charge on any atom is 0.355 e. The Morgan fingerprint density at radius 3 is 2.63 bits per heavy atom. The van der Waals surface area contributed by atoms with Crippen molar-refractivity contribution in [3.05, 3.63) is 11.3 Å². The molecule has 27 heavy (non-hydrogen) atoms. The zero-order valence-corrected chi connectivity index (χ0v) is 19.7. The Bertz CT molecular complexity index is 680. The van der Waals surface area contributed by atoms with Crippen molar-refractivity contribution in [2.24, 2.45) is 5.73 Å². The molecule has 1 fully saturated rings. The average molecular weight is 452 g/mol. The third kappa shape index (κ3) is 4.79. The van der Waals surface area contributed by atoms with Gasteiger partial charge in [0.15, 0.2) is 0 Å². The number of nitrogens with one attached hydrogen (secondary N) is 1. The quantitative estimate of drug-likeness (QED) is 0.207. The van der Waals surface area contributed by atoms with Gasteiger partial charge in [0.1, 0.15) is 21.0 Å². The Kier molecular flexibility index (Phi) is 7.25. The summed E-state index contributed by atoms with van der Waals surface area (Å²) < 4.78 is 11.5. The molecule has 0 aliphatic carbocycles. The number of nitrogens with two attached hydrogens (primary N) is 1. The molecule has 2 heterocycles. The van der Waals surface area contributed by atoms with Crippen LogP contribution in [0.15, 0.2) is 11.3 Å². The van der Waals surface area contributed by atoms with E-state index >= 15 is 0 Å². The Hall–Kier alpha value is -0.380. The minimum atomic E-state index is -1.12. The number of fused-ring (bicyclic) bond motifs is 1. The van der Waals surface area contributed by atoms with Crippen molar-refractivity contribution < 1.29 is 19.1 Å². The van der Waals surface area contributed by atoms with E-state index in [-0.39, 0.29) is 17.0 Å². The molecular formula is C16H26N3O4PS3. The Labute approximate surface area is 175 Å². The molecule has 3 N–H and O–H groups in total. The largest absolute Gasteiger partial charge is 0.455 e. The summed E-state index contributed by atoms with van der Waals surface area (Å²) in [5.41, 5.74) is 4.88. The molecule has 0 radical (unpaired) electrons. The molecule has 0 bridgehead atoms. The second-order valence-corrected chi connectivity index (χ2v) is 12.1. The molecule has 0 aromatic carbocycles. The third-order valence-corrected chi connectivity index (χ3v) is 7.09. The van der Waals surface area contributed by atoms with Crippen molar-refractivity contribution in [1.82, 2.24) is 9.99 Å². The number of ether oxygens (including phenoxy) is 2. The van der Waals surface area contributed by atoms with Crippen molar-refractivity contribution in [3.63, 3.8) is 0 Å². The number of nitrogens with zero attached hydrogens (tertiary/aromatic N) is 1. The standard InChI is InChI=1S/C16H26N3O4PS3/c1-15(2,3)23-11(20)10-9(8-27-14(17)25)7-26-13-16(22-4,18-24(5)6)12(21)19(10)13/h13,18H,7-8H2,1-6H3,(H2,17,25)/t13-,16-/m0/s1. The highest BCUT2D eigenvalue weighted by molar-refractivity contribution is 8.23. The monoisotopic (exact) mass is 451 g/mol. The van der Waals surface area contributed by atoms with Crippen LogP contribution in [0, 0.1) is 0 Å². The topological polar surface area (TPSA) is 93.9 Å². The van der Waals surface area contributed by atoms with Gasteiger partial charge in [-0.05, 0) is 47.7 Å². The number of rotatable bonds is 6. The number of β-lactam (4-membered cyclic amide) rings is 1. The molecule has 0 saturated carbocycles. The maximum absolute atomic E-state index is 13.1. The summed E-state index contributed by atoms with van der Waals surface area (Å²) in [7, 11) is 0.919. The van der Waals surface area contributed by atoms with E-state index in [2.05, 4.69) is 5.09 Å². The van der Waals surface area contributed by atoms with Crippen LogP contribution in [0.1, 0.15) is 20.8 Å². The van der Waals surface area contributed by atoms with Crippen LogP contribution in [0.25, 0.3) is 0 Å². The van der Waals surface area contributed by atoms with Gasteiger partial charge in [0.25, 0.3) is 5.91 Å². The van der Waals surface area contributed by atoms with E-state index in [9.17, 15) is 9.59 Å². The zero-order valence-electron chi connectivity index (χ0n) is 16.3. The number of amides is 1. The van der Waals surface area contributed by atoms with Crippen molar-refractivity contribution in [2.75, 3.05) is 31.9 Å². The second-order valence-electron chi connectivity index (χ2n) is 7.35. The van der Waals surface area contributed by atoms with E-state index in [0.29, 0.717) is 15.8 Å². The number of esters is 1. The van der Waals surface area contributed by atoms with Gasteiger partial charge in [0.2, 0.25) is 5.72 Å². The molecular weight excluding hydrogens is 425 g/mol. The molecule has 2 aliphatic heterocycles. The van der Waals surface area contributed by atoms with Crippen LogP contribution in [-0.2, 0) is 19.1 Å². The van der Waals surface area contributed by atoms with E-state index in [0.717, 1.165) is 5.57 Å². The van der Waals surface area contributed by atoms with E-state index < -0.39 is 25.4 Å². The summed E-state index contributed by atoms with van der Waals surface area (Å²) in [5, 5.41) is 2.94. The molecule has 0 aromatic rings. The summed E-state index contributed by atoms with van der Waals surface area (Å²) in [6.45, 7) is 9.40. The van der Waals surface area contributed by atoms with Gasteiger partial charge in [0.05, 0.1) is 0 Å². The minimum absolute atomic E-state index is 0.280. The molecule has 2 aliphatic rings. The van der Waals surface area contributed by atoms with E-state index in [4.69, 9.17) is 27.4 Å². The minimum Gasteiger partial charge on any atom is -0.455 e. The first-order valence-corrected chi connectivity index (χ1v) is 12.9. The highest BCUT2D eigenvalue weighted by atomic mass is 32.2. The summed E-state index contributed by atoms with van der Waals surface area (Å²) in [5.74, 6) is 0.211. The lowest BCUT2D eigenvalue weighted by atomic mass is 9.99. The van der Waals surface area contributed by atoms with Crippen molar-refractivity contribution in [2.45, 2.75) is 37.5 Å². The van der Waals surface area contributed by atoms with Crippen LogP contribution in [0.3, 0.4) is 0 Å². The summed E-state index contributed by atoms with van der Waals surface area (Å²) >= 11 is 7.76. The number of hydrogen-bond donors (Lipinski definition) is 2. The number of thiocarbonyl (C=S) groups is 1. The fraction of sp³-hybridized carbons (Fsp3) is 0.688. The molecule has 2 rings (SSSR count). The molecule has 0 spiro atoms. The van der Waals surface area contributed by atoms with Gasteiger partial charge in [-0.25, -0.2) is 4.79 Å². The number of carbonyl (C=O) groups excluding carboxylic acids is 2. The molecule has 152 valence electrons. The highest BCUT2D eigenvalue weighted by Crippen LogP contribution is 2.49. The molecule has 0 aromatic heterocycles. The second kappa shape index (κ2) is 8.55. The molecule has 2 atom stereocenters. The zero-order chi connectivity index (χ0) is 20.6. The number of carbonyl (C=O) groups is 2.